The molecule has 0 spiro atoms. The third kappa shape index (κ3) is 4.91. The molecule has 4 rings (SSSR count). The zero-order valence-electron chi connectivity index (χ0n) is 17.1. The average Bonchev–Trinajstić information content (AvgIpc) is 3.21. The van der Waals surface area contributed by atoms with E-state index in [4.69, 9.17) is 5.14 Å². The number of primary sulfonamides is 1. The second-order valence-electron chi connectivity index (χ2n) is 8.44. The van der Waals surface area contributed by atoms with Gasteiger partial charge in [-0.15, -0.1) is 0 Å². The van der Waals surface area contributed by atoms with E-state index in [1.807, 2.05) is 0 Å². The molecule has 0 aromatic heterocycles. The minimum Gasteiger partial charge on any atom is -0.352 e. The molecule has 2 aliphatic rings. The Morgan fingerprint density at radius 2 is 1.97 bits per heavy atom. The number of carbonyl (C=O) groups is 1. The lowest BCUT2D eigenvalue weighted by atomic mass is 9.82. The van der Waals surface area contributed by atoms with E-state index in [1.165, 1.54) is 42.5 Å². The van der Waals surface area contributed by atoms with E-state index in [0.29, 0.717) is 12.5 Å². The zero-order chi connectivity index (χ0) is 21.1. The Labute approximate surface area is 178 Å². The molecule has 0 radical (unpaired) electrons. The average molecular weight is 428 g/mol. The minimum atomic E-state index is -3.74. The number of rotatable bonds is 6. The van der Waals surface area contributed by atoms with Gasteiger partial charge in [0.15, 0.2) is 0 Å². The number of fused-ring (bicyclic) bond motifs is 1. The fourth-order valence-electron chi connectivity index (χ4n) is 4.73. The van der Waals surface area contributed by atoms with Crippen LogP contribution < -0.4 is 10.5 Å². The molecule has 1 saturated heterocycles. The summed E-state index contributed by atoms with van der Waals surface area (Å²) in [5.41, 5.74) is 3.68. The maximum atomic E-state index is 12.7. The Bertz CT molecular complexity index is 1020. The molecule has 2 atom stereocenters. The lowest BCUT2D eigenvalue weighted by molar-refractivity contribution is -0.124. The van der Waals surface area contributed by atoms with Crippen molar-refractivity contribution in [2.45, 2.75) is 43.0 Å². The van der Waals surface area contributed by atoms with Crippen molar-refractivity contribution in [1.82, 2.24) is 10.2 Å². The first kappa shape index (κ1) is 21.0. The van der Waals surface area contributed by atoms with Crippen LogP contribution in [0.15, 0.2) is 53.4 Å². The Morgan fingerprint density at radius 1 is 1.13 bits per heavy atom. The number of carbonyl (C=O) groups excluding carboxylic acids is 1. The highest BCUT2D eigenvalue weighted by Gasteiger charge is 2.30. The van der Waals surface area contributed by atoms with Gasteiger partial charge in [-0.25, -0.2) is 13.6 Å². The number of nitrogens with two attached hydrogens (primary N) is 1. The monoisotopic (exact) mass is 427 g/mol. The second kappa shape index (κ2) is 8.88. The number of likely N-dealkylation sites (tertiary alicyclic amines) is 1. The molecular formula is C23H29N3O3S. The van der Waals surface area contributed by atoms with Crippen LogP contribution in [0, 0.1) is 5.92 Å². The van der Waals surface area contributed by atoms with Crippen LogP contribution in [0.3, 0.4) is 0 Å². The maximum absolute atomic E-state index is 12.7. The number of amides is 1. The minimum absolute atomic E-state index is 0.0229. The number of nitrogens with one attached hydrogen (secondary N) is 1. The van der Waals surface area contributed by atoms with Crippen molar-refractivity contribution in [2.75, 3.05) is 19.6 Å². The first-order chi connectivity index (χ1) is 14.4. The van der Waals surface area contributed by atoms with Gasteiger partial charge in [0.25, 0.3) is 0 Å². The van der Waals surface area contributed by atoms with E-state index in [-0.39, 0.29) is 16.7 Å². The van der Waals surface area contributed by atoms with Gasteiger partial charge in [-0.3, -0.25) is 4.79 Å². The molecule has 1 fully saturated rings. The molecule has 6 nitrogen and oxygen atoms in total. The number of aryl methyl sites for hydroxylation is 1. The maximum Gasteiger partial charge on any atom is 0.238 e. The van der Waals surface area contributed by atoms with Crippen LogP contribution in [0.1, 0.15) is 41.9 Å². The summed E-state index contributed by atoms with van der Waals surface area (Å²) in [4.78, 5) is 15.1. The predicted molar refractivity (Wildman–Crippen MR) is 116 cm³/mol. The summed E-state index contributed by atoms with van der Waals surface area (Å²) >= 11 is 0. The highest BCUT2D eigenvalue weighted by Crippen LogP contribution is 2.33. The fourth-order valence-corrected chi connectivity index (χ4v) is 5.32. The molecule has 2 aromatic carbocycles. The van der Waals surface area contributed by atoms with E-state index >= 15 is 0 Å². The summed E-state index contributed by atoms with van der Waals surface area (Å²) in [6.45, 7) is 3.03. The van der Waals surface area contributed by atoms with Crippen LogP contribution in [-0.2, 0) is 27.8 Å². The van der Waals surface area contributed by atoms with Crippen LogP contribution in [0.25, 0.3) is 0 Å². The number of hydrogen-bond acceptors (Lipinski definition) is 4. The van der Waals surface area contributed by atoms with Crippen molar-refractivity contribution >= 4 is 15.9 Å². The zero-order valence-corrected chi connectivity index (χ0v) is 17.9. The Hall–Kier alpha value is -2.22. The van der Waals surface area contributed by atoms with Crippen LogP contribution >= 0.6 is 0 Å². The Kier molecular flexibility index (Phi) is 6.22. The highest BCUT2D eigenvalue weighted by molar-refractivity contribution is 7.89. The van der Waals surface area contributed by atoms with E-state index in [1.54, 1.807) is 12.1 Å². The lowest BCUT2D eigenvalue weighted by Crippen LogP contribution is -2.34. The molecule has 1 heterocycles. The molecule has 7 heteroatoms. The molecule has 0 unspecified atom stereocenters. The van der Waals surface area contributed by atoms with Gasteiger partial charge in [-0.05, 0) is 67.0 Å². The van der Waals surface area contributed by atoms with E-state index in [0.717, 1.165) is 31.6 Å². The summed E-state index contributed by atoms with van der Waals surface area (Å²) in [6.07, 6.45) is 4.48. The van der Waals surface area contributed by atoms with Gasteiger partial charge in [-0.2, -0.15) is 0 Å². The van der Waals surface area contributed by atoms with Crippen LogP contribution in [0.5, 0.6) is 0 Å². The van der Waals surface area contributed by atoms with Gasteiger partial charge >= 0.3 is 0 Å². The molecule has 1 aliphatic carbocycles. The fraction of sp³-hybridized carbons (Fsp3) is 0.435. The second-order valence-corrected chi connectivity index (χ2v) is 10.0. The van der Waals surface area contributed by atoms with Gasteiger partial charge < -0.3 is 10.2 Å². The number of sulfonamides is 1. The SMILES string of the molecule is NS(=O)(=O)c1cccc(CNC(=O)[C@H]2CCN(C[C@H]3CCCc4ccccc43)C2)c1. The summed E-state index contributed by atoms with van der Waals surface area (Å²) < 4.78 is 23.0. The normalized spacial score (nSPS) is 21.9. The van der Waals surface area contributed by atoms with E-state index < -0.39 is 10.0 Å². The van der Waals surface area contributed by atoms with Gasteiger partial charge in [0, 0.05) is 19.6 Å². The van der Waals surface area contributed by atoms with Crippen molar-refractivity contribution in [3.8, 4) is 0 Å². The number of benzene rings is 2. The number of hydrogen-bond donors (Lipinski definition) is 2. The number of nitrogens with zero attached hydrogens (tertiary/aromatic N) is 1. The largest absolute Gasteiger partial charge is 0.352 e. The topological polar surface area (TPSA) is 92.5 Å². The lowest BCUT2D eigenvalue weighted by Gasteiger charge is -2.29. The molecule has 1 aliphatic heterocycles. The third-order valence-corrected chi connectivity index (χ3v) is 7.22. The Morgan fingerprint density at radius 3 is 2.80 bits per heavy atom. The van der Waals surface area contributed by atoms with Crippen molar-refractivity contribution in [3.63, 3.8) is 0 Å². The van der Waals surface area contributed by atoms with E-state index in [2.05, 4.69) is 34.5 Å². The molecule has 1 amide bonds. The summed E-state index contributed by atoms with van der Waals surface area (Å²) in [5, 5.41) is 8.14. The molecule has 0 bridgehead atoms. The van der Waals surface area contributed by atoms with Gasteiger partial charge in [0.1, 0.15) is 0 Å². The van der Waals surface area contributed by atoms with E-state index in [9.17, 15) is 13.2 Å². The molecule has 0 saturated carbocycles. The molecule has 160 valence electrons. The van der Waals surface area contributed by atoms with Crippen LogP contribution in [0.4, 0.5) is 0 Å². The van der Waals surface area contributed by atoms with Crippen molar-refractivity contribution in [2.24, 2.45) is 11.1 Å². The van der Waals surface area contributed by atoms with Crippen LogP contribution in [-0.4, -0.2) is 38.9 Å². The summed E-state index contributed by atoms with van der Waals surface area (Å²) in [7, 11) is -3.74. The third-order valence-electron chi connectivity index (χ3n) is 6.31. The summed E-state index contributed by atoms with van der Waals surface area (Å²) in [5.74, 6) is 0.561. The van der Waals surface area contributed by atoms with Crippen molar-refractivity contribution in [1.29, 1.82) is 0 Å². The molecular weight excluding hydrogens is 398 g/mol. The predicted octanol–water partition coefficient (Wildman–Crippen LogP) is 2.39. The molecule has 3 N–H and O–H groups in total. The first-order valence-electron chi connectivity index (χ1n) is 10.6. The van der Waals surface area contributed by atoms with Crippen molar-refractivity contribution < 1.29 is 13.2 Å². The molecule has 2 aromatic rings. The smallest absolute Gasteiger partial charge is 0.238 e. The summed E-state index contributed by atoms with van der Waals surface area (Å²) in [6, 6.07) is 15.1. The molecule has 30 heavy (non-hydrogen) atoms. The quantitative estimate of drug-likeness (QED) is 0.740. The first-order valence-corrected chi connectivity index (χ1v) is 12.1. The Balaban J connectivity index is 1.30. The van der Waals surface area contributed by atoms with Gasteiger partial charge in [-0.1, -0.05) is 36.4 Å². The van der Waals surface area contributed by atoms with Gasteiger partial charge in [0.2, 0.25) is 15.9 Å². The van der Waals surface area contributed by atoms with Gasteiger partial charge in [0.05, 0.1) is 10.8 Å². The van der Waals surface area contributed by atoms with Crippen molar-refractivity contribution in [3.05, 3.63) is 65.2 Å². The highest BCUT2D eigenvalue weighted by atomic mass is 32.2. The standard InChI is InChI=1S/C23H29N3O3S/c24-30(28,29)21-9-3-5-17(13-21)14-25-23(27)20-11-12-26(16-20)15-19-8-4-7-18-6-1-2-10-22(18)19/h1-3,5-6,9-10,13,19-20H,4,7-8,11-12,14-16H2,(H,25,27)(H2,24,28,29)/t19-,20+/m1/s1. The van der Waals surface area contributed by atoms with Crippen LogP contribution in [0.2, 0.25) is 0 Å².